The standard InChI is InChI=1S/C17H19N3O3S/c1-4-19-15-10(2)5-6-11(3)16(15)24-17(19)18-12(21)9-20-13(22)7-8-14(20)23/h5-6H,4,7-9H2,1-3H3. The minimum atomic E-state index is -0.470. The molecule has 0 N–H and O–H groups in total. The summed E-state index contributed by atoms with van der Waals surface area (Å²) in [7, 11) is 0. The summed E-state index contributed by atoms with van der Waals surface area (Å²) in [5.74, 6) is -1.06. The van der Waals surface area contributed by atoms with Gasteiger partial charge in [0.2, 0.25) is 11.8 Å². The summed E-state index contributed by atoms with van der Waals surface area (Å²) in [6.07, 6.45) is 0.366. The largest absolute Gasteiger partial charge is 0.316 e. The molecule has 2 aromatic rings. The number of carbonyl (C=O) groups is 3. The maximum atomic E-state index is 12.3. The first kappa shape index (κ1) is 16.6. The molecule has 7 heteroatoms. The van der Waals surface area contributed by atoms with Gasteiger partial charge in [-0.15, -0.1) is 0 Å². The van der Waals surface area contributed by atoms with Crippen molar-refractivity contribution in [2.24, 2.45) is 4.99 Å². The molecule has 1 aliphatic rings. The summed E-state index contributed by atoms with van der Waals surface area (Å²) in [4.78, 5) is 41.3. The van der Waals surface area contributed by atoms with Gasteiger partial charge in [0.15, 0.2) is 4.80 Å². The highest BCUT2D eigenvalue weighted by Crippen LogP contribution is 2.24. The Hall–Kier alpha value is -2.28. The van der Waals surface area contributed by atoms with Gasteiger partial charge in [-0.05, 0) is 31.9 Å². The van der Waals surface area contributed by atoms with E-state index in [9.17, 15) is 14.4 Å². The maximum absolute atomic E-state index is 12.3. The number of aryl methyl sites for hydroxylation is 3. The molecule has 0 aliphatic carbocycles. The van der Waals surface area contributed by atoms with Crippen LogP contribution in [0, 0.1) is 13.8 Å². The number of hydrogen-bond acceptors (Lipinski definition) is 4. The lowest BCUT2D eigenvalue weighted by atomic mass is 10.1. The fourth-order valence-electron chi connectivity index (χ4n) is 2.93. The predicted octanol–water partition coefficient (Wildman–Crippen LogP) is 1.92. The molecule has 1 aromatic carbocycles. The van der Waals surface area contributed by atoms with Gasteiger partial charge in [0, 0.05) is 19.4 Å². The van der Waals surface area contributed by atoms with E-state index in [1.165, 1.54) is 11.3 Å². The number of rotatable bonds is 3. The zero-order valence-electron chi connectivity index (χ0n) is 14.0. The lowest BCUT2D eigenvalue weighted by molar-refractivity contribution is -0.141. The Bertz CT molecular complexity index is 907. The fourth-order valence-corrected chi connectivity index (χ4v) is 4.19. The number of hydrogen-bond donors (Lipinski definition) is 0. The quantitative estimate of drug-likeness (QED) is 0.798. The second-order valence-electron chi connectivity index (χ2n) is 5.89. The van der Waals surface area contributed by atoms with E-state index < -0.39 is 5.91 Å². The van der Waals surface area contributed by atoms with Crippen molar-refractivity contribution in [3.05, 3.63) is 28.1 Å². The van der Waals surface area contributed by atoms with E-state index >= 15 is 0 Å². The van der Waals surface area contributed by atoms with Crippen LogP contribution in [0.5, 0.6) is 0 Å². The molecular formula is C17H19N3O3S. The van der Waals surface area contributed by atoms with Gasteiger partial charge in [-0.2, -0.15) is 4.99 Å². The first-order chi connectivity index (χ1) is 11.4. The van der Waals surface area contributed by atoms with E-state index in [-0.39, 0.29) is 31.2 Å². The van der Waals surface area contributed by atoms with Gasteiger partial charge in [0.25, 0.3) is 5.91 Å². The van der Waals surface area contributed by atoms with Crippen LogP contribution in [0.3, 0.4) is 0 Å². The molecule has 0 saturated carbocycles. The number of carbonyl (C=O) groups excluding carboxylic acids is 3. The molecule has 126 valence electrons. The van der Waals surface area contributed by atoms with Crippen LogP contribution in [0.4, 0.5) is 0 Å². The second-order valence-corrected chi connectivity index (χ2v) is 6.86. The average molecular weight is 345 g/mol. The van der Waals surface area contributed by atoms with Crippen molar-refractivity contribution >= 4 is 39.3 Å². The molecule has 2 heterocycles. The first-order valence-electron chi connectivity index (χ1n) is 7.92. The SMILES string of the molecule is CCn1c(=NC(=O)CN2C(=O)CCC2=O)sc2c(C)ccc(C)c21. The first-order valence-corrected chi connectivity index (χ1v) is 8.74. The van der Waals surface area contributed by atoms with Crippen molar-refractivity contribution in [3.63, 3.8) is 0 Å². The Balaban J connectivity index is 2.02. The van der Waals surface area contributed by atoms with E-state index in [0.29, 0.717) is 11.3 Å². The van der Waals surface area contributed by atoms with Gasteiger partial charge in [-0.1, -0.05) is 23.5 Å². The van der Waals surface area contributed by atoms with Crippen molar-refractivity contribution in [3.8, 4) is 0 Å². The monoisotopic (exact) mass is 345 g/mol. The van der Waals surface area contributed by atoms with Crippen LogP contribution < -0.4 is 4.80 Å². The molecule has 1 aliphatic heterocycles. The number of thiazole rings is 1. The molecule has 0 radical (unpaired) electrons. The van der Waals surface area contributed by atoms with Crippen molar-refractivity contribution < 1.29 is 14.4 Å². The number of benzene rings is 1. The zero-order valence-corrected chi connectivity index (χ0v) is 14.8. The molecule has 1 aromatic heterocycles. The third-order valence-corrected chi connectivity index (χ3v) is 5.42. The fraction of sp³-hybridized carbons (Fsp3) is 0.412. The lowest BCUT2D eigenvalue weighted by Gasteiger charge is -2.10. The highest BCUT2D eigenvalue weighted by atomic mass is 32.1. The van der Waals surface area contributed by atoms with Crippen LogP contribution in [-0.2, 0) is 20.9 Å². The van der Waals surface area contributed by atoms with E-state index in [1.807, 2.05) is 25.3 Å². The van der Waals surface area contributed by atoms with Crippen molar-refractivity contribution in [2.45, 2.75) is 40.2 Å². The average Bonchev–Trinajstić information content (AvgIpc) is 3.06. The summed E-state index contributed by atoms with van der Waals surface area (Å²) < 4.78 is 3.12. The van der Waals surface area contributed by atoms with Gasteiger partial charge in [0.05, 0.1) is 10.2 Å². The predicted molar refractivity (Wildman–Crippen MR) is 91.5 cm³/mol. The molecule has 6 nitrogen and oxygen atoms in total. The van der Waals surface area contributed by atoms with E-state index in [4.69, 9.17) is 0 Å². The molecule has 0 bridgehead atoms. The zero-order chi connectivity index (χ0) is 17.4. The highest BCUT2D eigenvalue weighted by molar-refractivity contribution is 7.16. The molecule has 3 rings (SSSR count). The number of amides is 3. The Morgan fingerprint density at radius 1 is 1.17 bits per heavy atom. The number of aromatic nitrogens is 1. The molecule has 1 saturated heterocycles. The molecular weight excluding hydrogens is 326 g/mol. The molecule has 1 fully saturated rings. The van der Waals surface area contributed by atoms with Gasteiger partial charge in [-0.3, -0.25) is 19.3 Å². The second kappa shape index (κ2) is 6.32. The molecule has 24 heavy (non-hydrogen) atoms. The van der Waals surface area contributed by atoms with Crippen LogP contribution >= 0.6 is 11.3 Å². The number of fused-ring (bicyclic) bond motifs is 1. The minimum Gasteiger partial charge on any atom is -0.316 e. The van der Waals surface area contributed by atoms with Gasteiger partial charge >= 0.3 is 0 Å². The van der Waals surface area contributed by atoms with Crippen LogP contribution in [0.15, 0.2) is 17.1 Å². The summed E-state index contributed by atoms with van der Waals surface area (Å²) in [6, 6.07) is 4.12. The Morgan fingerprint density at radius 2 is 1.79 bits per heavy atom. The Labute approximate surface area is 143 Å². The smallest absolute Gasteiger partial charge is 0.268 e. The van der Waals surface area contributed by atoms with E-state index in [2.05, 4.69) is 17.1 Å². The maximum Gasteiger partial charge on any atom is 0.268 e. The van der Waals surface area contributed by atoms with Crippen LogP contribution in [0.25, 0.3) is 10.2 Å². The summed E-state index contributed by atoms with van der Waals surface area (Å²) in [5, 5.41) is 0. The Morgan fingerprint density at radius 3 is 2.42 bits per heavy atom. The molecule has 0 atom stereocenters. The number of imide groups is 1. The Kier molecular flexibility index (Phi) is 4.36. The normalized spacial score (nSPS) is 15.8. The van der Waals surface area contributed by atoms with Crippen molar-refractivity contribution in [1.29, 1.82) is 0 Å². The highest BCUT2D eigenvalue weighted by Gasteiger charge is 2.30. The van der Waals surface area contributed by atoms with Crippen LogP contribution in [-0.4, -0.2) is 33.7 Å². The molecule has 3 amide bonds. The summed E-state index contributed by atoms with van der Waals surface area (Å²) >= 11 is 1.46. The van der Waals surface area contributed by atoms with Crippen molar-refractivity contribution in [2.75, 3.05) is 6.54 Å². The number of nitrogens with zero attached hydrogens (tertiary/aromatic N) is 3. The third-order valence-electron chi connectivity index (χ3n) is 4.21. The summed E-state index contributed by atoms with van der Waals surface area (Å²) in [5.41, 5.74) is 3.36. The van der Waals surface area contributed by atoms with Gasteiger partial charge in [-0.25, -0.2) is 0 Å². The topological polar surface area (TPSA) is 71.7 Å². The van der Waals surface area contributed by atoms with E-state index in [1.54, 1.807) is 0 Å². The molecule has 0 spiro atoms. The minimum absolute atomic E-state index is 0.183. The van der Waals surface area contributed by atoms with Crippen LogP contribution in [0.1, 0.15) is 30.9 Å². The molecule has 0 unspecified atom stereocenters. The van der Waals surface area contributed by atoms with Crippen LogP contribution in [0.2, 0.25) is 0 Å². The number of likely N-dealkylation sites (tertiary alicyclic amines) is 1. The lowest BCUT2D eigenvalue weighted by Crippen LogP contribution is -2.34. The van der Waals surface area contributed by atoms with Crippen molar-refractivity contribution in [1.82, 2.24) is 9.47 Å². The summed E-state index contributed by atoms with van der Waals surface area (Å²) in [6.45, 7) is 6.50. The van der Waals surface area contributed by atoms with Gasteiger partial charge < -0.3 is 4.57 Å². The van der Waals surface area contributed by atoms with Gasteiger partial charge in [0.1, 0.15) is 6.54 Å². The third kappa shape index (κ3) is 2.80. The van der Waals surface area contributed by atoms with E-state index in [0.717, 1.165) is 26.2 Å².